The molecule has 3 fully saturated rings. The number of oxime groups is 1. The predicted molar refractivity (Wildman–Crippen MR) is 127 cm³/mol. The van der Waals surface area contributed by atoms with Crippen LogP contribution in [-0.4, -0.2) is 64.5 Å². The summed E-state index contributed by atoms with van der Waals surface area (Å²) in [5.74, 6) is -0.00707. The molecule has 192 valence electrons. The number of amides is 2. The number of likely N-dealkylation sites (tertiary alicyclic amines) is 1. The van der Waals surface area contributed by atoms with Crippen molar-refractivity contribution in [2.45, 2.75) is 102 Å². The summed E-state index contributed by atoms with van der Waals surface area (Å²) in [7, 11) is 0. The molecule has 0 spiro atoms. The fourth-order valence-corrected chi connectivity index (χ4v) is 5.86. The maximum absolute atomic E-state index is 13.6. The van der Waals surface area contributed by atoms with Crippen LogP contribution in [0.1, 0.15) is 78.1 Å². The Hall–Kier alpha value is -2.36. The second-order valence-corrected chi connectivity index (χ2v) is 10.4. The molecular formula is C24H41N5O5. The van der Waals surface area contributed by atoms with Gasteiger partial charge in [-0.05, 0) is 77.0 Å². The fourth-order valence-electron chi connectivity index (χ4n) is 5.86. The summed E-state index contributed by atoms with van der Waals surface area (Å²) in [5, 5.41) is 14.8. The van der Waals surface area contributed by atoms with Crippen molar-refractivity contribution in [1.29, 1.82) is 0 Å². The van der Waals surface area contributed by atoms with E-state index in [1.54, 1.807) is 18.7 Å². The van der Waals surface area contributed by atoms with E-state index in [-0.39, 0.29) is 41.4 Å². The minimum absolute atomic E-state index is 0.0111. The first kappa shape index (κ1) is 26.2. The van der Waals surface area contributed by atoms with E-state index < -0.39 is 24.2 Å². The van der Waals surface area contributed by atoms with Gasteiger partial charge in [-0.25, -0.2) is 4.79 Å². The molecule has 0 bridgehead atoms. The Labute approximate surface area is 201 Å². The highest BCUT2D eigenvalue weighted by Gasteiger charge is 2.43. The molecule has 6 N–H and O–H groups in total. The van der Waals surface area contributed by atoms with Crippen LogP contribution in [-0.2, 0) is 14.3 Å². The van der Waals surface area contributed by atoms with E-state index in [1.165, 1.54) is 0 Å². The summed E-state index contributed by atoms with van der Waals surface area (Å²) in [6.45, 7) is 4.02. The normalized spacial score (nSPS) is 28.1. The van der Waals surface area contributed by atoms with Gasteiger partial charge in [0.1, 0.15) is 11.9 Å². The number of nitrogens with one attached hydrogen (secondary N) is 1. The second-order valence-electron chi connectivity index (χ2n) is 10.4. The van der Waals surface area contributed by atoms with Crippen LogP contribution < -0.4 is 16.8 Å². The van der Waals surface area contributed by atoms with Crippen LogP contribution in [0.3, 0.4) is 0 Å². The first-order chi connectivity index (χ1) is 16.2. The van der Waals surface area contributed by atoms with Crippen LogP contribution in [0.25, 0.3) is 0 Å². The number of Topliss-reactive ketones (excluding diaryl/α,β-unsaturated/α-hetero) is 1. The van der Waals surface area contributed by atoms with Gasteiger partial charge in [0.2, 0.25) is 5.91 Å². The van der Waals surface area contributed by atoms with E-state index in [4.69, 9.17) is 21.4 Å². The van der Waals surface area contributed by atoms with E-state index in [2.05, 4.69) is 10.5 Å². The highest BCUT2D eigenvalue weighted by atomic mass is 16.6. The second kappa shape index (κ2) is 11.9. The summed E-state index contributed by atoms with van der Waals surface area (Å²) in [5.41, 5.74) is 12.2. The number of amidine groups is 1. The third-order valence-corrected chi connectivity index (χ3v) is 7.76. The maximum Gasteiger partial charge on any atom is 0.408 e. The van der Waals surface area contributed by atoms with Crippen LogP contribution in [0.15, 0.2) is 5.16 Å². The summed E-state index contributed by atoms with van der Waals surface area (Å²) in [4.78, 5) is 41.0. The Bertz CT molecular complexity index is 759. The van der Waals surface area contributed by atoms with E-state index in [9.17, 15) is 14.4 Å². The first-order valence-electron chi connectivity index (χ1n) is 12.8. The lowest BCUT2D eigenvalue weighted by Crippen LogP contribution is -2.57. The lowest BCUT2D eigenvalue weighted by Gasteiger charge is -2.35. The van der Waals surface area contributed by atoms with Gasteiger partial charge < -0.3 is 31.6 Å². The molecule has 1 heterocycles. The molecule has 10 nitrogen and oxygen atoms in total. The monoisotopic (exact) mass is 479 g/mol. The number of alkyl carbamates (subject to hydrolysis) is 1. The molecule has 0 aromatic rings. The van der Waals surface area contributed by atoms with Crippen molar-refractivity contribution in [3.8, 4) is 0 Å². The molecule has 3 rings (SSSR count). The first-order valence-corrected chi connectivity index (χ1v) is 12.8. The zero-order valence-electron chi connectivity index (χ0n) is 20.4. The van der Waals surface area contributed by atoms with E-state index in [0.717, 1.165) is 57.8 Å². The van der Waals surface area contributed by atoms with Gasteiger partial charge in [-0.3, -0.25) is 9.59 Å². The number of nitrogens with zero attached hydrogens (tertiary/aromatic N) is 2. The molecule has 2 amide bonds. The van der Waals surface area contributed by atoms with E-state index in [0.29, 0.717) is 13.0 Å². The van der Waals surface area contributed by atoms with Gasteiger partial charge in [-0.1, -0.05) is 18.0 Å². The van der Waals surface area contributed by atoms with Crippen LogP contribution in [0, 0.1) is 17.8 Å². The topological polar surface area (TPSA) is 160 Å². The van der Waals surface area contributed by atoms with Crippen molar-refractivity contribution in [2.75, 3.05) is 6.54 Å². The van der Waals surface area contributed by atoms with Crippen molar-refractivity contribution < 1.29 is 24.3 Å². The molecule has 34 heavy (non-hydrogen) atoms. The molecule has 0 aromatic heterocycles. The summed E-state index contributed by atoms with van der Waals surface area (Å²) < 4.78 is 5.24. The molecule has 1 saturated heterocycles. The highest BCUT2D eigenvalue weighted by Crippen LogP contribution is 2.34. The minimum Gasteiger partial charge on any atom is -0.447 e. The standard InChI is InChI=1S/C24H41N5O5/c1-14(2)34-24(32)27-20(16-6-3-4-7-16)23(31)29-13-5-8-18(29)21(30)19(25)15-9-11-17(12-10-15)22(26)28-33/h14-20,33H,3-13,25H2,1-2H3,(H2,26,28)(H,27,32)/t15?,17?,18-,19?,20+/m0/s1. The van der Waals surface area contributed by atoms with Crippen molar-refractivity contribution in [3.05, 3.63) is 0 Å². The molecule has 2 saturated carbocycles. The zero-order valence-corrected chi connectivity index (χ0v) is 20.4. The quantitative estimate of drug-likeness (QED) is 0.179. The average molecular weight is 480 g/mol. The number of nitrogens with two attached hydrogens (primary N) is 2. The van der Waals surface area contributed by atoms with Gasteiger partial charge in [-0.15, -0.1) is 0 Å². The summed E-state index contributed by atoms with van der Waals surface area (Å²) in [6, 6.07) is -1.90. The number of ketones is 1. The number of hydrogen-bond donors (Lipinski definition) is 4. The number of carbonyl (C=O) groups is 3. The molecule has 1 unspecified atom stereocenters. The molecule has 2 aliphatic carbocycles. The fraction of sp³-hybridized carbons (Fsp3) is 0.833. The number of hydrogen-bond acceptors (Lipinski definition) is 7. The lowest BCUT2D eigenvalue weighted by molar-refractivity contribution is -0.141. The molecule has 0 radical (unpaired) electrons. The lowest BCUT2D eigenvalue weighted by atomic mass is 9.76. The van der Waals surface area contributed by atoms with Crippen LogP contribution in [0.4, 0.5) is 4.79 Å². The van der Waals surface area contributed by atoms with Gasteiger partial charge in [0, 0.05) is 12.5 Å². The zero-order chi connectivity index (χ0) is 24.8. The molecule has 10 heteroatoms. The Morgan fingerprint density at radius 2 is 1.65 bits per heavy atom. The minimum atomic E-state index is -0.686. The highest BCUT2D eigenvalue weighted by molar-refractivity contribution is 5.95. The maximum atomic E-state index is 13.6. The van der Waals surface area contributed by atoms with Gasteiger partial charge >= 0.3 is 6.09 Å². The Morgan fingerprint density at radius 1 is 1.00 bits per heavy atom. The Morgan fingerprint density at radius 3 is 2.24 bits per heavy atom. The molecular weight excluding hydrogens is 438 g/mol. The Balaban J connectivity index is 1.66. The number of ether oxygens (including phenoxy) is 1. The summed E-state index contributed by atoms with van der Waals surface area (Å²) in [6.07, 6.45) is 7.12. The van der Waals surface area contributed by atoms with Crippen LogP contribution in [0.5, 0.6) is 0 Å². The number of carbonyl (C=O) groups excluding carboxylic acids is 3. The molecule has 0 aromatic carbocycles. The van der Waals surface area contributed by atoms with Crippen molar-refractivity contribution in [3.63, 3.8) is 0 Å². The SMILES string of the molecule is CC(C)OC(=O)N[C@@H](C(=O)N1CCC[C@H]1C(=O)C(N)C1CCC(/C(N)=N\O)CC1)C1CCCC1. The molecule has 3 atom stereocenters. The van der Waals surface area contributed by atoms with Gasteiger partial charge in [0.15, 0.2) is 5.78 Å². The third-order valence-electron chi connectivity index (χ3n) is 7.76. The van der Waals surface area contributed by atoms with Crippen LogP contribution in [0.2, 0.25) is 0 Å². The van der Waals surface area contributed by atoms with Gasteiger partial charge in [-0.2, -0.15) is 0 Å². The van der Waals surface area contributed by atoms with Crippen molar-refractivity contribution >= 4 is 23.6 Å². The van der Waals surface area contributed by atoms with E-state index in [1.807, 2.05) is 0 Å². The van der Waals surface area contributed by atoms with Crippen molar-refractivity contribution in [2.24, 2.45) is 34.4 Å². The average Bonchev–Trinajstić information content (AvgIpc) is 3.53. The largest absolute Gasteiger partial charge is 0.447 e. The van der Waals surface area contributed by atoms with Gasteiger partial charge in [0.25, 0.3) is 0 Å². The smallest absolute Gasteiger partial charge is 0.408 e. The Kier molecular flexibility index (Phi) is 9.16. The summed E-state index contributed by atoms with van der Waals surface area (Å²) >= 11 is 0. The van der Waals surface area contributed by atoms with Gasteiger partial charge in [0.05, 0.1) is 18.2 Å². The molecule has 3 aliphatic rings. The predicted octanol–water partition coefficient (Wildman–Crippen LogP) is 2.12. The number of rotatable bonds is 8. The third kappa shape index (κ3) is 6.20. The molecule has 1 aliphatic heterocycles. The van der Waals surface area contributed by atoms with Crippen molar-refractivity contribution in [1.82, 2.24) is 10.2 Å². The van der Waals surface area contributed by atoms with Crippen LogP contribution >= 0.6 is 0 Å². The van der Waals surface area contributed by atoms with E-state index >= 15 is 0 Å².